The van der Waals surface area contributed by atoms with Crippen LogP contribution in [0.4, 0.5) is 5.69 Å². The summed E-state index contributed by atoms with van der Waals surface area (Å²) in [5, 5.41) is 3.94. The van der Waals surface area contributed by atoms with E-state index in [2.05, 4.69) is 10.3 Å². The minimum absolute atomic E-state index is 0.474. The van der Waals surface area contributed by atoms with E-state index < -0.39 is 0 Å². The summed E-state index contributed by atoms with van der Waals surface area (Å²) in [5.74, 6) is 2.07. The molecule has 3 aromatic rings. The third kappa shape index (κ3) is 4.98. The van der Waals surface area contributed by atoms with E-state index in [1.165, 1.54) is 0 Å². The molecule has 0 amide bonds. The van der Waals surface area contributed by atoms with E-state index in [0.29, 0.717) is 36.4 Å². The Morgan fingerprint density at radius 3 is 2.84 bits per heavy atom. The van der Waals surface area contributed by atoms with Gasteiger partial charge in [-0.1, -0.05) is 29.8 Å². The lowest BCUT2D eigenvalue weighted by molar-refractivity contribution is 0.146. The number of hydrogen-bond donors (Lipinski definition) is 1. The molecule has 3 rings (SSSR count). The van der Waals surface area contributed by atoms with E-state index in [4.69, 9.17) is 25.5 Å². The summed E-state index contributed by atoms with van der Waals surface area (Å²) in [6, 6.07) is 15.2. The maximum atomic E-state index is 6.01. The van der Waals surface area contributed by atoms with Crippen molar-refractivity contribution in [1.82, 2.24) is 4.98 Å². The van der Waals surface area contributed by atoms with Gasteiger partial charge in [0, 0.05) is 29.4 Å². The monoisotopic (exact) mass is 358 g/mol. The average Bonchev–Trinajstić information content (AvgIpc) is 3.10. The first-order valence-corrected chi connectivity index (χ1v) is 8.29. The molecule has 5 nitrogen and oxygen atoms in total. The van der Waals surface area contributed by atoms with E-state index in [-0.39, 0.29) is 0 Å². The maximum Gasteiger partial charge on any atom is 0.214 e. The van der Waals surface area contributed by atoms with E-state index in [9.17, 15) is 0 Å². The Balaban J connectivity index is 1.60. The molecule has 0 aliphatic carbocycles. The zero-order valence-electron chi connectivity index (χ0n) is 13.9. The zero-order valence-corrected chi connectivity index (χ0v) is 14.6. The number of anilines is 1. The maximum absolute atomic E-state index is 6.01. The van der Waals surface area contributed by atoms with Crippen molar-refractivity contribution < 1.29 is 13.9 Å². The number of benzene rings is 2. The molecule has 2 aromatic carbocycles. The summed E-state index contributed by atoms with van der Waals surface area (Å²) in [6.45, 7) is 1.55. The number of oxazole rings is 1. The Bertz CT molecular complexity index is 820. The van der Waals surface area contributed by atoms with Gasteiger partial charge in [-0.3, -0.25) is 0 Å². The van der Waals surface area contributed by atoms with Gasteiger partial charge in [0.05, 0.1) is 19.3 Å². The molecule has 1 heterocycles. The van der Waals surface area contributed by atoms with Crippen molar-refractivity contribution in [3.8, 4) is 17.1 Å². The first-order chi connectivity index (χ1) is 12.2. The van der Waals surface area contributed by atoms with Crippen LogP contribution in [0, 0.1) is 0 Å². The van der Waals surface area contributed by atoms with Crippen molar-refractivity contribution in [2.24, 2.45) is 0 Å². The zero-order chi connectivity index (χ0) is 17.5. The fourth-order valence-corrected chi connectivity index (χ4v) is 2.47. The second kappa shape index (κ2) is 8.55. The van der Waals surface area contributed by atoms with Crippen molar-refractivity contribution in [3.05, 3.63) is 65.6 Å². The van der Waals surface area contributed by atoms with E-state index >= 15 is 0 Å². The molecular weight excluding hydrogens is 340 g/mol. The first-order valence-electron chi connectivity index (χ1n) is 7.91. The Kier molecular flexibility index (Phi) is 5.93. The average molecular weight is 359 g/mol. The Morgan fingerprint density at radius 2 is 2.00 bits per heavy atom. The number of ether oxygens (including phenoxy) is 2. The van der Waals surface area contributed by atoms with Gasteiger partial charge in [0.15, 0.2) is 5.76 Å². The van der Waals surface area contributed by atoms with E-state index in [0.717, 1.165) is 17.0 Å². The van der Waals surface area contributed by atoms with Crippen LogP contribution in [0.3, 0.4) is 0 Å². The minimum Gasteiger partial charge on any atom is -0.491 e. The molecule has 0 bridgehead atoms. The summed E-state index contributed by atoms with van der Waals surface area (Å²) in [5.41, 5.74) is 1.83. The van der Waals surface area contributed by atoms with Crippen molar-refractivity contribution in [1.29, 1.82) is 0 Å². The molecule has 0 fully saturated rings. The SMILES string of the molecule is COCCOc1cccc(NCc2ncc(-c3cccc(Cl)c3)o2)c1. The van der Waals surface area contributed by atoms with Crippen LogP contribution < -0.4 is 10.1 Å². The summed E-state index contributed by atoms with van der Waals surface area (Å²) in [6.07, 6.45) is 1.70. The van der Waals surface area contributed by atoms with E-state index in [1.54, 1.807) is 13.3 Å². The molecule has 25 heavy (non-hydrogen) atoms. The van der Waals surface area contributed by atoms with Gasteiger partial charge in [0.1, 0.15) is 12.4 Å². The molecular formula is C19H19ClN2O3. The van der Waals surface area contributed by atoms with Crippen LogP contribution in [0.1, 0.15) is 5.89 Å². The summed E-state index contributed by atoms with van der Waals surface area (Å²) in [4.78, 5) is 4.30. The number of aromatic nitrogens is 1. The molecule has 0 saturated heterocycles. The molecule has 0 saturated carbocycles. The van der Waals surface area contributed by atoms with Crippen molar-refractivity contribution >= 4 is 17.3 Å². The molecule has 0 radical (unpaired) electrons. The smallest absolute Gasteiger partial charge is 0.214 e. The highest BCUT2D eigenvalue weighted by Crippen LogP contribution is 2.24. The summed E-state index contributed by atoms with van der Waals surface area (Å²) in [7, 11) is 1.65. The highest BCUT2D eigenvalue weighted by molar-refractivity contribution is 6.30. The van der Waals surface area contributed by atoms with Gasteiger partial charge in [0.2, 0.25) is 5.89 Å². The molecule has 1 N–H and O–H groups in total. The van der Waals surface area contributed by atoms with Crippen molar-refractivity contribution in [3.63, 3.8) is 0 Å². The Hall–Kier alpha value is -2.50. The van der Waals surface area contributed by atoms with Gasteiger partial charge in [-0.2, -0.15) is 0 Å². The molecule has 0 aliphatic heterocycles. The second-order valence-electron chi connectivity index (χ2n) is 5.35. The number of methoxy groups -OCH3 is 1. The van der Waals surface area contributed by atoms with Crippen LogP contribution in [0.15, 0.2) is 59.1 Å². The van der Waals surface area contributed by atoms with Crippen molar-refractivity contribution in [2.45, 2.75) is 6.54 Å². The quantitative estimate of drug-likeness (QED) is 0.595. The van der Waals surface area contributed by atoms with Gasteiger partial charge in [0.25, 0.3) is 0 Å². The second-order valence-corrected chi connectivity index (χ2v) is 5.79. The molecule has 6 heteroatoms. The molecule has 0 spiro atoms. The summed E-state index contributed by atoms with van der Waals surface area (Å²) >= 11 is 6.01. The standard InChI is InChI=1S/C19H19ClN2O3/c1-23-8-9-24-17-7-3-6-16(11-17)21-13-19-22-12-18(25-19)14-4-2-5-15(20)10-14/h2-7,10-12,21H,8-9,13H2,1H3. The van der Waals surface area contributed by atoms with Gasteiger partial charge >= 0.3 is 0 Å². The first kappa shape index (κ1) is 17.3. The van der Waals surface area contributed by atoms with Crippen molar-refractivity contribution in [2.75, 3.05) is 25.6 Å². The lowest BCUT2D eigenvalue weighted by Crippen LogP contribution is -2.05. The number of hydrogen-bond acceptors (Lipinski definition) is 5. The topological polar surface area (TPSA) is 56.5 Å². The van der Waals surface area contributed by atoms with Crippen LogP contribution in [-0.2, 0) is 11.3 Å². The third-order valence-corrected chi connectivity index (χ3v) is 3.73. The number of rotatable bonds is 8. The molecule has 0 unspecified atom stereocenters. The fraction of sp³-hybridized carbons (Fsp3) is 0.211. The van der Waals surface area contributed by atoms with Crippen LogP contribution in [0.5, 0.6) is 5.75 Å². The van der Waals surface area contributed by atoms with Gasteiger partial charge < -0.3 is 19.2 Å². The largest absolute Gasteiger partial charge is 0.491 e. The van der Waals surface area contributed by atoms with Gasteiger partial charge in [-0.05, 0) is 24.3 Å². The lowest BCUT2D eigenvalue weighted by atomic mass is 10.2. The lowest BCUT2D eigenvalue weighted by Gasteiger charge is -2.08. The van der Waals surface area contributed by atoms with Crippen LogP contribution in [0.25, 0.3) is 11.3 Å². The summed E-state index contributed by atoms with van der Waals surface area (Å²) < 4.78 is 16.3. The van der Waals surface area contributed by atoms with E-state index in [1.807, 2.05) is 48.5 Å². The molecule has 130 valence electrons. The highest BCUT2D eigenvalue weighted by Gasteiger charge is 2.07. The Labute approximate surface area is 151 Å². The third-order valence-electron chi connectivity index (χ3n) is 3.50. The highest BCUT2D eigenvalue weighted by atomic mass is 35.5. The number of nitrogens with one attached hydrogen (secondary N) is 1. The normalized spacial score (nSPS) is 10.6. The predicted octanol–water partition coefficient (Wildman–Crippen LogP) is 4.63. The predicted molar refractivity (Wildman–Crippen MR) is 98.1 cm³/mol. The van der Waals surface area contributed by atoms with Gasteiger partial charge in [-0.25, -0.2) is 4.98 Å². The van der Waals surface area contributed by atoms with Crippen LogP contribution in [-0.4, -0.2) is 25.3 Å². The van der Waals surface area contributed by atoms with Crippen LogP contribution in [0.2, 0.25) is 5.02 Å². The molecule has 0 atom stereocenters. The fourth-order valence-electron chi connectivity index (χ4n) is 2.28. The number of halogens is 1. The van der Waals surface area contributed by atoms with Crippen LogP contribution >= 0.6 is 11.6 Å². The minimum atomic E-state index is 0.474. The Morgan fingerprint density at radius 1 is 1.12 bits per heavy atom. The molecule has 1 aromatic heterocycles. The molecule has 0 aliphatic rings. The number of nitrogens with zero attached hydrogens (tertiary/aromatic N) is 1. The van der Waals surface area contributed by atoms with Gasteiger partial charge in [-0.15, -0.1) is 0 Å².